The van der Waals surface area contributed by atoms with Crippen LogP contribution in [-0.2, 0) is 4.79 Å². The molecule has 0 fully saturated rings. The zero-order valence-corrected chi connectivity index (χ0v) is 11.6. The van der Waals surface area contributed by atoms with Crippen molar-refractivity contribution in [3.05, 3.63) is 52.0 Å². The smallest absolute Gasteiger partial charge is 0.277 e. The molecule has 0 aliphatic carbocycles. The molecule has 0 radical (unpaired) electrons. The van der Waals surface area contributed by atoms with Gasteiger partial charge in [-0.3, -0.25) is 4.79 Å². The van der Waals surface area contributed by atoms with Gasteiger partial charge < -0.3 is 4.74 Å². The minimum absolute atomic E-state index is 0.0421. The molecule has 0 aliphatic heterocycles. The van der Waals surface area contributed by atoms with E-state index in [9.17, 15) is 9.18 Å². The van der Waals surface area contributed by atoms with Gasteiger partial charge in [-0.15, -0.1) is 11.3 Å². The molecule has 1 aromatic carbocycles. The fraction of sp³-hybridized carbons (Fsp3) is 0.143. The van der Waals surface area contributed by atoms with Crippen molar-refractivity contribution in [2.45, 2.75) is 6.92 Å². The van der Waals surface area contributed by atoms with Gasteiger partial charge in [-0.05, 0) is 31.2 Å². The van der Waals surface area contributed by atoms with Crippen LogP contribution in [0.15, 0.2) is 41.5 Å². The SMILES string of the molecule is Cc1ccc(/C=N/NC(=O)COc2ccccc2F)s1. The number of amides is 1. The fourth-order valence-electron chi connectivity index (χ4n) is 1.43. The van der Waals surface area contributed by atoms with E-state index in [1.54, 1.807) is 29.7 Å². The highest BCUT2D eigenvalue weighted by Gasteiger charge is 2.05. The zero-order chi connectivity index (χ0) is 14.4. The molecule has 0 saturated heterocycles. The number of benzene rings is 1. The number of hydrogen-bond donors (Lipinski definition) is 1. The number of nitrogens with one attached hydrogen (secondary N) is 1. The molecule has 2 aromatic rings. The summed E-state index contributed by atoms with van der Waals surface area (Å²) in [6.07, 6.45) is 1.55. The summed E-state index contributed by atoms with van der Waals surface area (Å²) in [7, 11) is 0. The van der Waals surface area contributed by atoms with E-state index < -0.39 is 11.7 Å². The lowest BCUT2D eigenvalue weighted by atomic mass is 10.3. The molecule has 6 heteroatoms. The van der Waals surface area contributed by atoms with Crippen LogP contribution in [0.1, 0.15) is 9.75 Å². The number of ether oxygens (including phenoxy) is 1. The summed E-state index contributed by atoms with van der Waals surface area (Å²) in [5.41, 5.74) is 2.32. The molecule has 1 amide bonds. The van der Waals surface area contributed by atoms with Crippen molar-refractivity contribution in [1.82, 2.24) is 5.43 Å². The summed E-state index contributed by atoms with van der Waals surface area (Å²) in [5, 5.41) is 3.80. The average Bonchev–Trinajstić information content (AvgIpc) is 2.83. The maximum atomic E-state index is 13.2. The molecule has 1 heterocycles. The molecule has 1 aromatic heterocycles. The fourth-order valence-corrected chi connectivity index (χ4v) is 2.18. The predicted molar refractivity (Wildman–Crippen MR) is 76.7 cm³/mol. The average molecular weight is 292 g/mol. The summed E-state index contributed by atoms with van der Waals surface area (Å²) >= 11 is 1.57. The molecule has 4 nitrogen and oxygen atoms in total. The van der Waals surface area contributed by atoms with Gasteiger partial charge in [-0.25, -0.2) is 9.82 Å². The number of aryl methyl sites for hydroxylation is 1. The minimum Gasteiger partial charge on any atom is -0.481 e. The van der Waals surface area contributed by atoms with Gasteiger partial charge in [0.25, 0.3) is 5.91 Å². The number of thiophene rings is 1. The highest BCUT2D eigenvalue weighted by atomic mass is 32.1. The Hall–Kier alpha value is -2.21. The normalized spacial score (nSPS) is 10.7. The van der Waals surface area contributed by atoms with Gasteiger partial charge >= 0.3 is 0 Å². The van der Waals surface area contributed by atoms with E-state index in [0.717, 1.165) is 4.88 Å². The first-order valence-corrected chi connectivity index (χ1v) is 6.72. The number of nitrogens with zero attached hydrogens (tertiary/aromatic N) is 1. The van der Waals surface area contributed by atoms with E-state index in [4.69, 9.17) is 4.74 Å². The van der Waals surface area contributed by atoms with Crippen LogP contribution in [-0.4, -0.2) is 18.7 Å². The van der Waals surface area contributed by atoms with E-state index in [1.165, 1.54) is 17.0 Å². The van der Waals surface area contributed by atoms with Crippen molar-refractivity contribution >= 4 is 23.5 Å². The van der Waals surface area contributed by atoms with Crippen molar-refractivity contribution in [2.75, 3.05) is 6.61 Å². The third-order valence-electron chi connectivity index (χ3n) is 2.34. The van der Waals surface area contributed by atoms with E-state index in [-0.39, 0.29) is 12.4 Å². The van der Waals surface area contributed by atoms with Crippen LogP contribution in [0.25, 0.3) is 0 Å². The molecule has 1 N–H and O–H groups in total. The van der Waals surface area contributed by atoms with Crippen LogP contribution >= 0.6 is 11.3 Å². The second-order valence-electron chi connectivity index (χ2n) is 3.96. The summed E-state index contributed by atoms with van der Waals surface area (Å²) in [6, 6.07) is 9.79. The topological polar surface area (TPSA) is 50.7 Å². The second kappa shape index (κ2) is 6.81. The monoisotopic (exact) mass is 292 g/mol. The van der Waals surface area contributed by atoms with Crippen molar-refractivity contribution in [2.24, 2.45) is 5.10 Å². The van der Waals surface area contributed by atoms with Crippen LogP contribution in [0.3, 0.4) is 0 Å². The maximum Gasteiger partial charge on any atom is 0.277 e. The van der Waals surface area contributed by atoms with Gasteiger partial charge in [0.2, 0.25) is 0 Å². The quantitative estimate of drug-likeness (QED) is 0.680. The Morgan fingerprint density at radius 1 is 1.40 bits per heavy atom. The predicted octanol–water partition coefficient (Wildman–Crippen LogP) is 2.72. The third-order valence-corrected chi connectivity index (χ3v) is 3.27. The van der Waals surface area contributed by atoms with Gasteiger partial charge in [0, 0.05) is 9.75 Å². The number of hydrogen-bond acceptors (Lipinski definition) is 4. The molecule has 20 heavy (non-hydrogen) atoms. The van der Waals surface area contributed by atoms with Crippen molar-refractivity contribution in [1.29, 1.82) is 0 Å². The number of para-hydroxylation sites is 1. The molecule has 0 aliphatic rings. The van der Waals surface area contributed by atoms with Crippen LogP contribution in [0, 0.1) is 12.7 Å². The number of hydrazone groups is 1. The van der Waals surface area contributed by atoms with Crippen LogP contribution in [0.5, 0.6) is 5.75 Å². The summed E-state index contributed by atoms with van der Waals surface area (Å²) in [5.74, 6) is -0.906. The first-order valence-electron chi connectivity index (χ1n) is 5.91. The van der Waals surface area contributed by atoms with Crippen LogP contribution in [0.2, 0.25) is 0 Å². The van der Waals surface area contributed by atoms with Crippen LogP contribution in [0.4, 0.5) is 4.39 Å². The van der Waals surface area contributed by atoms with Gasteiger partial charge in [-0.1, -0.05) is 12.1 Å². The van der Waals surface area contributed by atoms with Gasteiger partial charge in [0.15, 0.2) is 18.2 Å². The first-order chi connectivity index (χ1) is 9.65. The van der Waals surface area contributed by atoms with E-state index in [0.29, 0.717) is 0 Å². The molecule has 0 bridgehead atoms. The van der Waals surface area contributed by atoms with Crippen molar-refractivity contribution < 1.29 is 13.9 Å². The summed E-state index contributed by atoms with van der Waals surface area (Å²) in [4.78, 5) is 13.6. The van der Waals surface area contributed by atoms with Crippen molar-refractivity contribution in [3.63, 3.8) is 0 Å². The summed E-state index contributed by atoms with van der Waals surface area (Å²) < 4.78 is 18.3. The first kappa shape index (κ1) is 14.2. The summed E-state index contributed by atoms with van der Waals surface area (Å²) in [6.45, 7) is 1.70. The molecule has 2 rings (SSSR count). The third kappa shape index (κ3) is 4.17. The standard InChI is InChI=1S/C14H13FN2O2S/c1-10-6-7-11(20-10)8-16-17-14(18)9-19-13-5-3-2-4-12(13)15/h2-8H,9H2,1H3,(H,17,18)/b16-8+. The number of carbonyl (C=O) groups is 1. The number of rotatable bonds is 5. The minimum atomic E-state index is -0.502. The lowest BCUT2D eigenvalue weighted by Crippen LogP contribution is -2.24. The molecular weight excluding hydrogens is 279 g/mol. The second-order valence-corrected chi connectivity index (χ2v) is 5.28. The Bertz CT molecular complexity index is 625. The highest BCUT2D eigenvalue weighted by molar-refractivity contribution is 7.13. The van der Waals surface area contributed by atoms with Gasteiger partial charge in [0.1, 0.15) is 0 Å². The Morgan fingerprint density at radius 2 is 2.20 bits per heavy atom. The molecule has 0 unspecified atom stereocenters. The Morgan fingerprint density at radius 3 is 2.90 bits per heavy atom. The molecule has 0 atom stereocenters. The lowest BCUT2D eigenvalue weighted by Gasteiger charge is -2.05. The largest absolute Gasteiger partial charge is 0.481 e. The Labute approximate surface area is 119 Å². The van der Waals surface area contributed by atoms with Gasteiger partial charge in [0.05, 0.1) is 6.21 Å². The van der Waals surface area contributed by atoms with E-state index >= 15 is 0 Å². The van der Waals surface area contributed by atoms with E-state index in [2.05, 4.69) is 10.5 Å². The van der Waals surface area contributed by atoms with Gasteiger partial charge in [-0.2, -0.15) is 5.10 Å². The number of carbonyl (C=O) groups excluding carboxylic acids is 1. The Balaban J connectivity index is 1.78. The molecular formula is C14H13FN2O2S. The molecule has 104 valence electrons. The molecule has 0 spiro atoms. The maximum absolute atomic E-state index is 13.2. The van der Waals surface area contributed by atoms with E-state index in [1.807, 2.05) is 19.1 Å². The highest BCUT2D eigenvalue weighted by Crippen LogP contribution is 2.15. The Kier molecular flexibility index (Phi) is 4.84. The molecule has 0 saturated carbocycles. The van der Waals surface area contributed by atoms with Crippen molar-refractivity contribution in [3.8, 4) is 5.75 Å². The zero-order valence-electron chi connectivity index (χ0n) is 10.8. The number of halogens is 1. The lowest BCUT2D eigenvalue weighted by molar-refractivity contribution is -0.123. The van der Waals surface area contributed by atoms with Crippen LogP contribution < -0.4 is 10.2 Å².